The van der Waals surface area contributed by atoms with Crippen LogP contribution in [-0.4, -0.2) is 74.1 Å². The SMILES string of the molecule is COc1ccc(S(=O)(=O)N(CC(=O)Nc2cc(S(=O)(=O)N3CCOCC3)ccc2OC)c2ccc(Cl)cc2)cc1. The Bertz CT molecular complexity index is 1560. The van der Waals surface area contributed by atoms with Crippen molar-refractivity contribution >= 4 is 48.9 Å². The number of rotatable bonds is 10. The first kappa shape index (κ1) is 29.6. The second kappa shape index (κ2) is 12.4. The second-order valence-corrected chi connectivity index (χ2v) is 12.8. The van der Waals surface area contributed by atoms with E-state index in [4.69, 9.17) is 25.8 Å². The molecule has 4 rings (SSSR count). The Kier molecular flexibility index (Phi) is 9.21. The summed E-state index contributed by atoms with van der Waals surface area (Å²) in [6.45, 7) is 0.342. The average Bonchev–Trinajstić information content (AvgIpc) is 2.97. The van der Waals surface area contributed by atoms with Crippen molar-refractivity contribution in [2.24, 2.45) is 0 Å². The van der Waals surface area contributed by atoms with Crippen LogP contribution in [0.1, 0.15) is 0 Å². The molecule has 1 heterocycles. The van der Waals surface area contributed by atoms with E-state index >= 15 is 0 Å². The van der Waals surface area contributed by atoms with E-state index in [-0.39, 0.29) is 53.2 Å². The number of halogens is 1. The van der Waals surface area contributed by atoms with Gasteiger partial charge in [-0.3, -0.25) is 9.10 Å². The number of nitrogens with zero attached hydrogens (tertiary/aromatic N) is 2. The van der Waals surface area contributed by atoms with Crippen molar-refractivity contribution in [3.63, 3.8) is 0 Å². The predicted octanol–water partition coefficient (Wildman–Crippen LogP) is 3.21. The van der Waals surface area contributed by atoms with Crippen molar-refractivity contribution < 1.29 is 35.8 Å². The summed E-state index contributed by atoms with van der Waals surface area (Å²) in [5.41, 5.74) is 0.269. The molecule has 214 valence electrons. The molecule has 3 aromatic rings. The van der Waals surface area contributed by atoms with Gasteiger partial charge >= 0.3 is 0 Å². The van der Waals surface area contributed by atoms with Crippen molar-refractivity contribution in [1.82, 2.24) is 4.31 Å². The van der Waals surface area contributed by atoms with E-state index in [1.807, 2.05) is 0 Å². The van der Waals surface area contributed by atoms with E-state index in [9.17, 15) is 21.6 Å². The monoisotopic (exact) mass is 609 g/mol. The van der Waals surface area contributed by atoms with Crippen LogP contribution in [0.4, 0.5) is 11.4 Å². The number of sulfonamides is 2. The first-order chi connectivity index (χ1) is 19.1. The summed E-state index contributed by atoms with van der Waals surface area (Å²) in [6.07, 6.45) is 0. The molecule has 40 heavy (non-hydrogen) atoms. The standard InChI is InChI=1S/C26H28ClN3O8S2/c1-36-21-7-9-22(10-8-21)40(34,35)30(20-5-3-19(27)4-6-20)18-26(31)28-24-17-23(11-12-25(24)37-2)39(32,33)29-13-15-38-16-14-29/h3-12,17H,13-16,18H2,1-2H3,(H,28,31). The predicted molar refractivity (Wildman–Crippen MR) is 150 cm³/mol. The summed E-state index contributed by atoms with van der Waals surface area (Å²) >= 11 is 6.00. The van der Waals surface area contributed by atoms with Gasteiger partial charge in [-0.2, -0.15) is 4.31 Å². The zero-order chi connectivity index (χ0) is 28.9. The molecule has 0 atom stereocenters. The van der Waals surface area contributed by atoms with Gasteiger partial charge in [0.1, 0.15) is 18.0 Å². The number of benzene rings is 3. The minimum Gasteiger partial charge on any atom is -0.497 e. The van der Waals surface area contributed by atoms with Gasteiger partial charge in [-0.15, -0.1) is 0 Å². The molecular formula is C26H28ClN3O8S2. The summed E-state index contributed by atoms with van der Waals surface area (Å²) in [5.74, 6) is -0.0645. The number of carbonyl (C=O) groups is 1. The van der Waals surface area contributed by atoms with Gasteiger partial charge in [0, 0.05) is 18.1 Å². The Morgan fingerprint density at radius 1 is 0.925 bits per heavy atom. The van der Waals surface area contributed by atoms with Crippen LogP contribution in [0.15, 0.2) is 76.5 Å². The molecule has 0 radical (unpaired) electrons. The molecule has 0 bridgehead atoms. The fourth-order valence-electron chi connectivity index (χ4n) is 4.00. The van der Waals surface area contributed by atoms with Crippen LogP contribution in [0.3, 0.4) is 0 Å². The summed E-state index contributed by atoms with van der Waals surface area (Å²) in [4.78, 5) is 13.2. The third kappa shape index (κ3) is 6.50. The number of nitrogens with one attached hydrogen (secondary N) is 1. The Labute approximate surface area is 238 Å². The van der Waals surface area contributed by atoms with Crippen LogP contribution < -0.4 is 19.1 Å². The van der Waals surface area contributed by atoms with Gasteiger partial charge in [0.15, 0.2) is 0 Å². The number of methoxy groups -OCH3 is 2. The highest BCUT2D eigenvalue weighted by molar-refractivity contribution is 7.92. The lowest BCUT2D eigenvalue weighted by molar-refractivity contribution is -0.114. The average molecular weight is 610 g/mol. The number of ether oxygens (including phenoxy) is 3. The quantitative estimate of drug-likeness (QED) is 0.371. The lowest BCUT2D eigenvalue weighted by Crippen LogP contribution is -2.40. The number of hydrogen-bond acceptors (Lipinski definition) is 8. The molecule has 14 heteroatoms. The van der Waals surface area contributed by atoms with E-state index < -0.39 is 32.5 Å². The van der Waals surface area contributed by atoms with Crippen molar-refractivity contribution in [3.8, 4) is 11.5 Å². The molecule has 0 spiro atoms. The smallest absolute Gasteiger partial charge is 0.264 e. The molecular weight excluding hydrogens is 582 g/mol. The fraction of sp³-hybridized carbons (Fsp3) is 0.269. The number of amides is 1. The van der Waals surface area contributed by atoms with Crippen LogP contribution in [0, 0.1) is 0 Å². The van der Waals surface area contributed by atoms with Gasteiger partial charge in [-0.1, -0.05) is 11.6 Å². The lowest BCUT2D eigenvalue weighted by Gasteiger charge is -2.26. The molecule has 0 unspecified atom stereocenters. The minimum absolute atomic E-state index is 0.0501. The minimum atomic E-state index is -4.21. The van der Waals surface area contributed by atoms with Crippen molar-refractivity contribution in [2.75, 3.05) is 56.7 Å². The molecule has 0 aliphatic carbocycles. The highest BCUT2D eigenvalue weighted by Gasteiger charge is 2.29. The summed E-state index contributed by atoms with van der Waals surface area (Å²) < 4.78 is 71.5. The van der Waals surface area contributed by atoms with Crippen molar-refractivity contribution in [1.29, 1.82) is 0 Å². The van der Waals surface area contributed by atoms with Crippen LogP contribution in [-0.2, 0) is 29.6 Å². The van der Waals surface area contributed by atoms with Gasteiger partial charge in [0.25, 0.3) is 10.0 Å². The highest BCUT2D eigenvalue weighted by atomic mass is 35.5. The molecule has 0 saturated carbocycles. The first-order valence-electron chi connectivity index (χ1n) is 12.0. The first-order valence-corrected chi connectivity index (χ1v) is 15.3. The van der Waals surface area contributed by atoms with Crippen LogP contribution in [0.25, 0.3) is 0 Å². The lowest BCUT2D eigenvalue weighted by atomic mass is 10.3. The summed E-state index contributed by atoms with van der Waals surface area (Å²) in [7, 11) is -5.24. The molecule has 1 aliphatic rings. The zero-order valence-electron chi connectivity index (χ0n) is 21.7. The van der Waals surface area contributed by atoms with Crippen LogP contribution >= 0.6 is 11.6 Å². The maximum Gasteiger partial charge on any atom is 0.264 e. The van der Waals surface area contributed by atoms with Crippen molar-refractivity contribution in [2.45, 2.75) is 9.79 Å². The molecule has 1 saturated heterocycles. The number of hydrogen-bond donors (Lipinski definition) is 1. The maximum absolute atomic E-state index is 13.6. The van der Waals surface area contributed by atoms with Gasteiger partial charge in [-0.25, -0.2) is 16.8 Å². The third-order valence-corrected chi connectivity index (χ3v) is 10.0. The number of anilines is 2. The fourth-order valence-corrected chi connectivity index (χ4v) is 6.98. The largest absolute Gasteiger partial charge is 0.497 e. The Hall–Kier alpha value is -3.36. The molecule has 1 amide bonds. The van der Waals surface area contributed by atoms with E-state index in [0.717, 1.165) is 4.31 Å². The second-order valence-electron chi connectivity index (χ2n) is 8.59. The van der Waals surface area contributed by atoms with E-state index in [0.29, 0.717) is 10.8 Å². The summed E-state index contributed by atoms with van der Waals surface area (Å²) in [5, 5.41) is 2.99. The Morgan fingerprint density at radius 3 is 2.15 bits per heavy atom. The topological polar surface area (TPSA) is 132 Å². The van der Waals surface area contributed by atoms with Crippen LogP contribution in [0.2, 0.25) is 5.02 Å². The molecule has 0 aromatic heterocycles. The van der Waals surface area contributed by atoms with Gasteiger partial charge in [-0.05, 0) is 66.7 Å². The van der Waals surface area contributed by atoms with Crippen molar-refractivity contribution in [3.05, 3.63) is 71.8 Å². The van der Waals surface area contributed by atoms with Gasteiger partial charge < -0.3 is 19.5 Å². The normalized spacial score (nSPS) is 14.4. The molecule has 1 N–H and O–H groups in total. The summed E-state index contributed by atoms with van der Waals surface area (Å²) in [6, 6.07) is 15.8. The molecule has 3 aromatic carbocycles. The molecule has 1 fully saturated rings. The third-order valence-electron chi connectivity index (χ3n) is 6.10. The molecule has 1 aliphatic heterocycles. The van der Waals surface area contributed by atoms with Crippen LogP contribution in [0.5, 0.6) is 11.5 Å². The van der Waals surface area contributed by atoms with E-state index in [1.165, 1.54) is 85.3 Å². The molecule has 11 nitrogen and oxygen atoms in total. The maximum atomic E-state index is 13.6. The zero-order valence-corrected chi connectivity index (χ0v) is 24.1. The van der Waals surface area contributed by atoms with Gasteiger partial charge in [0.2, 0.25) is 15.9 Å². The highest BCUT2D eigenvalue weighted by Crippen LogP contribution is 2.30. The Morgan fingerprint density at radius 2 is 1.55 bits per heavy atom. The van der Waals surface area contributed by atoms with Gasteiger partial charge in [0.05, 0.1) is 48.6 Å². The van der Waals surface area contributed by atoms with E-state index in [1.54, 1.807) is 0 Å². The number of morpholine rings is 1. The van der Waals surface area contributed by atoms with E-state index in [2.05, 4.69) is 5.32 Å². The number of carbonyl (C=O) groups excluding carboxylic acids is 1. The Balaban J connectivity index is 1.64.